The number of rotatable bonds is 5. The molecule has 1 aliphatic heterocycles. The molecule has 3 nitrogen and oxygen atoms in total. The average Bonchev–Trinajstić information content (AvgIpc) is 2.42. The lowest BCUT2D eigenvalue weighted by Crippen LogP contribution is -2.48. The maximum Gasteiger partial charge on any atom is 0.401 e. The first-order valence-electron chi connectivity index (χ1n) is 7.04. The Balaban J connectivity index is 1.78. The van der Waals surface area contributed by atoms with Crippen LogP contribution < -0.4 is 0 Å². The highest BCUT2D eigenvalue weighted by Gasteiger charge is 2.32. The van der Waals surface area contributed by atoms with E-state index in [0.29, 0.717) is 32.8 Å². The quantitative estimate of drug-likeness (QED) is 0.831. The van der Waals surface area contributed by atoms with Gasteiger partial charge in [0.15, 0.2) is 0 Å². The fourth-order valence-corrected chi connectivity index (χ4v) is 2.52. The van der Waals surface area contributed by atoms with Crippen molar-refractivity contribution in [3.8, 4) is 0 Å². The molecule has 2 rings (SSSR count). The third kappa shape index (κ3) is 5.65. The van der Waals surface area contributed by atoms with Gasteiger partial charge in [-0.05, 0) is 11.1 Å². The third-order valence-electron chi connectivity index (χ3n) is 3.61. The molecule has 1 saturated heterocycles. The fourth-order valence-electron chi connectivity index (χ4n) is 2.52. The van der Waals surface area contributed by atoms with Crippen LogP contribution in [0.15, 0.2) is 24.3 Å². The van der Waals surface area contributed by atoms with Crippen molar-refractivity contribution in [1.82, 2.24) is 9.80 Å². The van der Waals surface area contributed by atoms with Crippen molar-refractivity contribution < 1.29 is 17.9 Å². The molecule has 1 aromatic carbocycles. The molecular formula is C15H21F3N2O. The number of ether oxygens (including phenoxy) is 1. The van der Waals surface area contributed by atoms with E-state index in [4.69, 9.17) is 4.74 Å². The number of hydrogen-bond donors (Lipinski definition) is 0. The van der Waals surface area contributed by atoms with Crippen LogP contribution in [-0.2, 0) is 17.9 Å². The number of benzene rings is 1. The number of alkyl halides is 3. The van der Waals surface area contributed by atoms with Crippen molar-refractivity contribution in [1.29, 1.82) is 0 Å². The highest BCUT2D eigenvalue weighted by atomic mass is 19.4. The molecule has 21 heavy (non-hydrogen) atoms. The first-order valence-corrected chi connectivity index (χ1v) is 7.04. The van der Waals surface area contributed by atoms with Crippen LogP contribution >= 0.6 is 0 Å². The molecule has 0 aliphatic carbocycles. The van der Waals surface area contributed by atoms with Crippen molar-refractivity contribution in [3.05, 3.63) is 35.4 Å². The van der Waals surface area contributed by atoms with E-state index in [9.17, 15) is 13.2 Å². The van der Waals surface area contributed by atoms with Gasteiger partial charge in [-0.2, -0.15) is 13.2 Å². The Hall–Kier alpha value is -1.11. The van der Waals surface area contributed by atoms with Gasteiger partial charge in [0.1, 0.15) is 0 Å². The molecule has 0 bridgehead atoms. The summed E-state index contributed by atoms with van der Waals surface area (Å²) in [7, 11) is 1.66. The number of halogens is 3. The smallest absolute Gasteiger partial charge is 0.380 e. The van der Waals surface area contributed by atoms with Gasteiger partial charge in [0.2, 0.25) is 0 Å². The molecule has 0 spiro atoms. The van der Waals surface area contributed by atoms with Crippen LogP contribution in [0.5, 0.6) is 0 Å². The molecule has 0 amide bonds. The molecule has 1 aliphatic rings. The fraction of sp³-hybridized carbons (Fsp3) is 0.600. The first kappa shape index (κ1) is 16.3. The van der Waals surface area contributed by atoms with Crippen LogP contribution in [0.3, 0.4) is 0 Å². The zero-order valence-electron chi connectivity index (χ0n) is 12.2. The van der Waals surface area contributed by atoms with E-state index in [-0.39, 0.29) is 0 Å². The SMILES string of the molecule is COCc1ccc(CN2CCN(CC(F)(F)F)CC2)cc1. The van der Waals surface area contributed by atoms with E-state index in [1.165, 1.54) is 10.5 Å². The molecule has 0 N–H and O–H groups in total. The number of methoxy groups -OCH3 is 1. The van der Waals surface area contributed by atoms with Crippen molar-refractivity contribution in [2.45, 2.75) is 19.3 Å². The van der Waals surface area contributed by atoms with Gasteiger partial charge in [-0.15, -0.1) is 0 Å². The number of hydrogen-bond acceptors (Lipinski definition) is 3. The summed E-state index contributed by atoms with van der Waals surface area (Å²) in [4.78, 5) is 3.66. The Labute approximate surface area is 123 Å². The van der Waals surface area contributed by atoms with Gasteiger partial charge in [-0.1, -0.05) is 24.3 Å². The number of nitrogens with zero attached hydrogens (tertiary/aromatic N) is 2. The summed E-state index contributed by atoms with van der Waals surface area (Å²) in [6.07, 6.45) is -4.10. The molecule has 6 heteroatoms. The second kappa shape index (κ2) is 7.24. The third-order valence-corrected chi connectivity index (χ3v) is 3.61. The maximum atomic E-state index is 12.3. The normalized spacial score (nSPS) is 18.1. The Morgan fingerprint density at radius 1 is 0.952 bits per heavy atom. The van der Waals surface area contributed by atoms with Gasteiger partial charge in [0, 0.05) is 39.8 Å². The molecule has 118 valence electrons. The topological polar surface area (TPSA) is 15.7 Å². The molecule has 1 fully saturated rings. The lowest BCUT2D eigenvalue weighted by atomic mass is 10.1. The molecule has 0 saturated carbocycles. The Morgan fingerprint density at radius 3 is 2.00 bits per heavy atom. The summed E-state index contributed by atoms with van der Waals surface area (Å²) in [5, 5.41) is 0. The number of piperazine rings is 1. The van der Waals surface area contributed by atoms with E-state index in [1.54, 1.807) is 7.11 Å². The highest BCUT2D eigenvalue weighted by Crippen LogP contribution is 2.18. The zero-order chi connectivity index (χ0) is 15.3. The van der Waals surface area contributed by atoms with Gasteiger partial charge in [0.25, 0.3) is 0 Å². The van der Waals surface area contributed by atoms with Gasteiger partial charge < -0.3 is 4.74 Å². The lowest BCUT2D eigenvalue weighted by molar-refractivity contribution is -0.149. The van der Waals surface area contributed by atoms with E-state index < -0.39 is 12.7 Å². The summed E-state index contributed by atoms with van der Waals surface area (Å²) in [6, 6.07) is 8.16. The molecule has 0 unspecified atom stereocenters. The largest absolute Gasteiger partial charge is 0.401 e. The van der Waals surface area contributed by atoms with Crippen LogP contribution in [0.2, 0.25) is 0 Å². The summed E-state index contributed by atoms with van der Waals surface area (Å²) < 4.78 is 42.0. The van der Waals surface area contributed by atoms with Crippen molar-refractivity contribution >= 4 is 0 Å². The zero-order valence-corrected chi connectivity index (χ0v) is 12.2. The molecule has 1 aromatic rings. The Kier molecular flexibility index (Phi) is 5.61. The predicted octanol–water partition coefficient (Wildman–Crippen LogP) is 2.51. The van der Waals surface area contributed by atoms with Gasteiger partial charge in [0.05, 0.1) is 13.2 Å². The lowest BCUT2D eigenvalue weighted by Gasteiger charge is -2.35. The maximum absolute atomic E-state index is 12.3. The van der Waals surface area contributed by atoms with Gasteiger partial charge in [-0.25, -0.2) is 0 Å². The monoisotopic (exact) mass is 302 g/mol. The minimum atomic E-state index is -4.10. The Morgan fingerprint density at radius 2 is 1.48 bits per heavy atom. The second-order valence-electron chi connectivity index (χ2n) is 5.42. The van der Waals surface area contributed by atoms with E-state index in [0.717, 1.165) is 12.1 Å². The Bertz CT molecular complexity index is 426. The highest BCUT2D eigenvalue weighted by molar-refractivity contribution is 5.22. The van der Waals surface area contributed by atoms with Crippen LogP contribution in [0.4, 0.5) is 13.2 Å². The summed E-state index contributed by atoms with van der Waals surface area (Å²) >= 11 is 0. The van der Waals surface area contributed by atoms with Crippen LogP contribution in [0, 0.1) is 0 Å². The van der Waals surface area contributed by atoms with Gasteiger partial charge >= 0.3 is 6.18 Å². The standard InChI is InChI=1S/C15H21F3N2O/c1-21-11-14-4-2-13(3-5-14)10-19-6-8-20(9-7-19)12-15(16,17)18/h2-5H,6-12H2,1H3. The van der Waals surface area contributed by atoms with Gasteiger partial charge in [-0.3, -0.25) is 9.80 Å². The van der Waals surface area contributed by atoms with Crippen LogP contribution in [-0.4, -0.2) is 55.8 Å². The molecule has 0 radical (unpaired) electrons. The molecule has 0 aromatic heterocycles. The average molecular weight is 302 g/mol. The van der Waals surface area contributed by atoms with Crippen molar-refractivity contribution in [3.63, 3.8) is 0 Å². The predicted molar refractivity (Wildman–Crippen MR) is 74.9 cm³/mol. The molecular weight excluding hydrogens is 281 g/mol. The summed E-state index contributed by atoms with van der Waals surface area (Å²) in [5.74, 6) is 0. The molecule has 1 heterocycles. The molecule has 0 atom stereocenters. The van der Waals surface area contributed by atoms with Crippen molar-refractivity contribution in [2.75, 3.05) is 39.8 Å². The van der Waals surface area contributed by atoms with E-state index >= 15 is 0 Å². The summed E-state index contributed by atoms with van der Waals surface area (Å²) in [5.41, 5.74) is 2.30. The van der Waals surface area contributed by atoms with E-state index in [1.807, 2.05) is 12.1 Å². The first-order chi connectivity index (χ1) is 9.96. The van der Waals surface area contributed by atoms with Crippen LogP contribution in [0.25, 0.3) is 0 Å². The minimum Gasteiger partial charge on any atom is -0.380 e. The van der Waals surface area contributed by atoms with E-state index in [2.05, 4.69) is 17.0 Å². The van der Waals surface area contributed by atoms with Crippen LogP contribution in [0.1, 0.15) is 11.1 Å². The summed E-state index contributed by atoms with van der Waals surface area (Å²) in [6.45, 7) is 2.88. The minimum absolute atomic E-state index is 0.473. The second-order valence-corrected chi connectivity index (χ2v) is 5.42. The van der Waals surface area contributed by atoms with Crippen molar-refractivity contribution in [2.24, 2.45) is 0 Å².